The summed E-state index contributed by atoms with van der Waals surface area (Å²) in [7, 11) is 2.26. The smallest absolute Gasteiger partial charge is 0.0107 e. The lowest BCUT2D eigenvalue weighted by molar-refractivity contribution is 0.223. The molecule has 0 unspecified atom stereocenters. The first-order chi connectivity index (χ1) is 7.77. The zero-order valence-corrected chi connectivity index (χ0v) is 11.5. The SMILES string of the molecule is CCC(CC)N(C)CCNC1CCCCC1. The van der Waals surface area contributed by atoms with Gasteiger partial charge in [-0.3, -0.25) is 0 Å². The third kappa shape index (κ3) is 4.84. The number of hydrogen-bond acceptors (Lipinski definition) is 2. The average Bonchev–Trinajstić information content (AvgIpc) is 2.32. The molecule has 16 heavy (non-hydrogen) atoms. The molecule has 0 aromatic carbocycles. The van der Waals surface area contributed by atoms with Crippen LogP contribution in [0, 0.1) is 0 Å². The van der Waals surface area contributed by atoms with Gasteiger partial charge < -0.3 is 10.2 Å². The van der Waals surface area contributed by atoms with Crippen LogP contribution in [0.2, 0.25) is 0 Å². The summed E-state index contributed by atoms with van der Waals surface area (Å²) in [6.45, 7) is 6.94. The molecule has 96 valence electrons. The van der Waals surface area contributed by atoms with E-state index in [0.29, 0.717) is 0 Å². The van der Waals surface area contributed by atoms with Crippen molar-refractivity contribution in [3.05, 3.63) is 0 Å². The Labute approximate surface area is 102 Å². The molecule has 2 nitrogen and oxygen atoms in total. The average molecular weight is 226 g/mol. The molecular formula is C14H30N2. The van der Waals surface area contributed by atoms with Gasteiger partial charge in [-0.1, -0.05) is 33.1 Å². The minimum atomic E-state index is 0.771. The summed E-state index contributed by atoms with van der Waals surface area (Å²) in [6.07, 6.45) is 9.65. The van der Waals surface area contributed by atoms with Gasteiger partial charge >= 0.3 is 0 Å². The first kappa shape index (κ1) is 14.0. The molecule has 0 bridgehead atoms. The first-order valence-electron chi connectivity index (χ1n) is 7.21. The first-order valence-corrected chi connectivity index (χ1v) is 7.21. The van der Waals surface area contributed by atoms with Crippen LogP contribution in [-0.2, 0) is 0 Å². The fourth-order valence-corrected chi connectivity index (χ4v) is 2.85. The molecule has 0 spiro atoms. The highest BCUT2D eigenvalue weighted by atomic mass is 15.1. The van der Waals surface area contributed by atoms with Crippen molar-refractivity contribution in [3.8, 4) is 0 Å². The highest BCUT2D eigenvalue weighted by Crippen LogP contribution is 2.17. The molecule has 1 rings (SSSR count). The van der Waals surface area contributed by atoms with Gasteiger partial charge in [0.15, 0.2) is 0 Å². The zero-order chi connectivity index (χ0) is 11.8. The Kier molecular flexibility index (Phi) is 7.06. The van der Waals surface area contributed by atoms with E-state index < -0.39 is 0 Å². The monoisotopic (exact) mass is 226 g/mol. The van der Waals surface area contributed by atoms with Crippen molar-refractivity contribution < 1.29 is 0 Å². The van der Waals surface area contributed by atoms with Gasteiger partial charge in [0.05, 0.1) is 0 Å². The molecule has 0 aliphatic heterocycles. The number of hydrogen-bond donors (Lipinski definition) is 1. The standard InChI is InChI=1S/C14H30N2/c1-4-14(5-2)16(3)12-11-15-13-9-7-6-8-10-13/h13-15H,4-12H2,1-3H3. The van der Waals surface area contributed by atoms with Crippen LogP contribution in [0.25, 0.3) is 0 Å². The lowest BCUT2D eigenvalue weighted by Crippen LogP contribution is -2.40. The number of nitrogens with one attached hydrogen (secondary N) is 1. The van der Waals surface area contributed by atoms with Crippen LogP contribution >= 0.6 is 0 Å². The minimum Gasteiger partial charge on any atom is -0.313 e. The highest BCUT2D eigenvalue weighted by Gasteiger charge is 2.13. The molecule has 0 aromatic heterocycles. The Hall–Kier alpha value is -0.0800. The largest absolute Gasteiger partial charge is 0.313 e. The molecule has 1 saturated carbocycles. The minimum absolute atomic E-state index is 0.771. The second-order valence-corrected chi connectivity index (χ2v) is 5.24. The van der Waals surface area contributed by atoms with Crippen LogP contribution < -0.4 is 5.32 Å². The lowest BCUT2D eigenvalue weighted by Gasteiger charge is -2.28. The number of likely N-dealkylation sites (N-methyl/N-ethyl adjacent to an activating group) is 1. The summed E-state index contributed by atoms with van der Waals surface area (Å²) < 4.78 is 0. The lowest BCUT2D eigenvalue weighted by atomic mass is 9.95. The van der Waals surface area contributed by atoms with Crippen molar-refractivity contribution in [1.82, 2.24) is 10.2 Å². The summed E-state index contributed by atoms with van der Waals surface area (Å²) in [5.41, 5.74) is 0. The summed E-state index contributed by atoms with van der Waals surface area (Å²) in [6, 6.07) is 1.58. The summed E-state index contributed by atoms with van der Waals surface area (Å²) in [5.74, 6) is 0. The van der Waals surface area contributed by atoms with Crippen molar-refractivity contribution in [3.63, 3.8) is 0 Å². The quantitative estimate of drug-likeness (QED) is 0.718. The van der Waals surface area contributed by atoms with Gasteiger partial charge in [-0.2, -0.15) is 0 Å². The summed E-state index contributed by atoms with van der Waals surface area (Å²) in [5, 5.41) is 3.71. The van der Waals surface area contributed by atoms with Gasteiger partial charge in [0.1, 0.15) is 0 Å². The topological polar surface area (TPSA) is 15.3 Å². The van der Waals surface area contributed by atoms with Crippen molar-refractivity contribution in [2.24, 2.45) is 0 Å². The second kappa shape index (κ2) is 8.08. The van der Waals surface area contributed by atoms with Gasteiger partial charge in [-0.25, -0.2) is 0 Å². The van der Waals surface area contributed by atoms with Crippen LogP contribution in [0.15, 0.2) is 0 Å². The number of nitrogens with zero attached hydrogens (tertiary/aromatic N) is 1. The molecule has 0 saturated heterocycles. The second-order valence-electron chi connectivity index (χ2n) is 5.24. The fourth-order valence-electron chi connectivity index (χ4n) is 2.85. The predicted octanol–water partition coefficient (Wildman–Crippen LogP) is 3.03. The Morgan fingerprint density at radius 3 is 2.31 bits per heavy atom. The molecule has 0 heterocycles. The summed E-state index contributed by atoms with van der Waals surface area (Å²) >= 11 is 0. The van der Waals surface area contributed by atoms with Gasteiger partial charge in [-0.15, -0.1) is 0 Å². The van der Waals surface area contributed by atoms with Crippen molar-refractivity contribution in [2.45, 2.75) is 70.9 Å². The zero-order valence-electron chi connectivity index (χ0n) is 11.5. The van der Waals surface area contributed by atoms with Gasteiger partial charge in [0, 0.05) is 25.2 Å². The molecule has 0 aromatic rings. The van der Waals surface area contributed by atoms with E-state index in [0.717, 1.165) is 18.6 Å². The molecule has 1 aliphatic rings. The third-order valence-corrected chi connectivity index (χ3v) is 4.07. The van der Waals surface area contributed by atoms with Crippen LogP contribution in [-0.4, -0.2) is 37.1 Å². The number of rotatable bonds is 7. The molecule has 1 fully saturated rings. The fraction of sp³-hybridized carbons (Fsp3) is 1.00. The van der Waals surface area contributed by atoms with E-state index in [2.05, 4.69) is 31.1 Å². The Bertz CT molecular complexity index is 160. The van der Waals surface area contributed by atoms with Gasteiger partial charge in [-0.05, 0) is 32.7 Å². The Morgan fingerprint density at radius 2 is 1.75 bits per heavy atom. The van der Waals surface area contributed by atoms with Crippen molar-refractivity contribution in [2.75, 3.05) is 20.1 Å². The van der Waals surface area contributed by atoms with Crippen LogP contribution in [0.1, 0.15) is 58.8 Å². The molecule has 0 atom stereocenters. The van der Waals surface area contributed by atoms with E-state index in [1.807, 2.05) is 0 Å². The van der Waals surface area contributed by atoms with Gasteiger partial charge in [0.2, 0.25) is 0 Å². The maximum atomic E-state index is 3.71. The van der Waals surface area contributed by atoms with E-state index >= 15 is 0 Å². The van der Waals surface area contributed by atoms with Crippen molar-refractivity contribution in [1.29, 1.82) is 0 Å². The molecule has 2 heteroatoms. The van der Waals surface area contributed by atoms with E-state index in [1.54, 1.807) is 0 Å². The van der Waals surface area contributed by atoms with E-state index in [9.17, 15) is 0 Å². The van der Waals surface area contributed by atoms with E-state index in [1.165, 1.54) is 51.5 Å². The highest BCUT2D eigenvalue weighted by molar-refractivity contribution is 4.73. The predicted molar refractivity (Wildman–Crippen MR) is 71.9 cm³/mol. The molecule has 0 radical (unpaired) electrons. The Balaban J connectivity index is 2.09. The molecule has 0 amide bonds. The summed E-state index contributed by atoms with van der Waals surface area (Å²) in [4.78, 5) is 2.51. The maximum Gasteiger partial charge on any atom is 0.0107 e. The van der Waals surface area contributed by atoms with Crippen LogP contribution in [0.5, 0.6) is 0 Å². The van der Waals surface area contributed by atoms with Crippen LogP contribution in [0.4, 0.5) is 0 Å². The molecule has 1 aliphatic carbocycles. The molecule has 1 N–H and O–H groups in total. The normalized spacial score (nSPS) is 18.6. The van der Waals surface area contributed by atoms with Crippen molar-refractivity contribution >= 4 is 0 Å². The van der Waals surface area contributed by atoms with E-state index in [4.69, 9.17) is 0 Å². The van der Waals surface area contributed by atoms with Gasteiger partial charge in [0.25, 0.3) is 0 Å². The maximum absolute atomic E-state index is 3.71. The Morgan fingerprint density at radius 1 is 1.12 bits per heavy atom. The van der Waals surface area contributed by atoms with Crippen LogP contribution in [0.3, 0.4) is 0 Å². The molecular weight excluding hydrogens is 196 g/mol. The third-order valence-electron chi connectivity index (χ3n) is 4.07. The van der Waals surface area contributed by atoms with E-state index in [-0.39, 0.29) is 0 Å².